The molecule has 226 valence electrons. The molecule has 0 bridgehead atoms. The average Bonchev–Trinajstić information content (AvgIpc) is 3.76. The summed E-state index contributed by atoms with van der Waals surface area (Å²) < 4.78 is 38.6. The smallest absolute Gasteiger partial charge is 0.176 e. The van der Waals surface area contributed by atoms with E-state index >= 15 is 0 Å². The highest BCUT2D eigenvalue weighted by atomic mass is 32.2. The van der Waals surface area contributed by atoms with E-state index < -0.39 is 9.84 Å². The third kappa shape index (κ3) is 9.77. The Hall–Kier alpha value is -3.03. The zero-order valence-electron chi connectivity index (χ0n) is 25.1. The minimum Gasteiger partial charge on any atom is -0.288 e. The summed E-state index contributed by atoms with van der Waals surface area (Å²) in [5.41, 5.74) is 6.93. The van der Waals surface area contributed by atoms with Crippen LogP contribution in [-0.4, -0.2) is 25.8 Å². The van der Waals surface area contributed by atoms with Crippen LogP contribution in [0.5, 0.6) is 0 Å². The van der Waals surface area contributed by atoms with Crippen molar-refractivity contribution in [1.29, 1.82) is 0 Å². The molecular formula is C35H46FN3O2S. The van der Waals surface area contributed by atoms with E-state index in [1.54, 1.807) is 18.2 Å². The number of aromatic nitrogens is 1. The number of hydrogen-bond acceptors (Lipinski definition) is 5. The molecule has 1 aliphatic rings. The molecule has 4 rings (SSSR count). The number of halogens is 1. The number of anilines is 1. The fourth-order valence-corrected chi connectivity index (χ4v) is 6.53. The summed E-state index contributed by atoms with van der Waals surface area (Å²) in [5, 5.41) is 2.10. The molecule has 0 amide bonds. The summed E-state index contributed by atoms with van der Waals surface area (Å²) in [7, 11) is -3.45. The number of hydrazine groups is 1. The number of sulfone groups is 1. The molecule has 0 aliphatic carbocycles. The highest BCUT2D eigenvalue weighted by Crippen LogP contribution is 2.37. The zero-order valence-corrected chi connectivity index (χ0v) is 26.0. The molecule has 0 saturated carbocycles. The molecule has 42 heavy (non-hydrogen) atoms. The first-order valence-corrected chi connectivity index (χ1v) is 17.5. The molecule has 3 aromatic rings. The quantitative estimate of drug-likeness (QED) is 0.0908. The van der Waals surface area contributed by atoms with Crippen molar-refractivity contribution in [2.75, 3.05) is 11.3 Å². The van der Waals surface area contributed by atoms with Crippen molar-refractivity contribution in [2.45, 2.75) is 101 Å². The molecule has 2 heterocycles. The van der Waals surface area contributed by atoms with Crippen LogP contribution in [0.15, 0.2) is 84.0 Å². The van der Waals surface area contributed by atoms with Crippen molar-refractivity contribution < 1.29 is 12.8 Å². The second kappa shape index (κ2) is 16.0. The molecule has 1 saturated heterocycles. The van der Waals surface area contributed by atoms with E-state index in [4.69, 9.17) is 0 Å². The molecule has 2 aromatic carbocycles. The van der Waals surface area contributed by atoms with Gasteiger partial charge >= 0.3 is 0 Å². The lowest BCUT2D eigenvalue weighted by molar-refractivity contribution is 0.534. The highest BCUT2D eigenvalue weighted by Gasteiger charge is 2.36. The van der Waals surface area contributed by atoms with Gasteiger partial charge in [0, 0.05) is 24.2 Å². The molecule has 0 radical (unpaired) electrons. The third-order valence-electron chi connectivity index (χ3n) is 8.08. The predicted octanol–water partition coefficient (Wildman–Crippen LogP) is 8.98. The summed E-state index contributed by atoms with van der Waals surface area (Å²) >= 11 is 0. The van der Waals surface area contributed by atoms with Gasteiger partial charge in [0.15, 0.2) is 9.84 Å². The first-order valence-electron chi connectivity index (χ1n) is 15.6. The largest absolute Gasteiger partial charge is 0.288 e. The van der Waals surface area contributed by atoms with Gasteiger partial charge in [-0.25, -0.2) is 18.2 Å². The Morgan fingerprint density at radius 2 is 1.57 bits per heavy atom. The van der Waals surface area contributed by atoms with Gasteiger partial charge in [-0.05, 0) is 98.0 Å². The number of hydrogen-bond donors (Lipinski definition) is 1. The van der Waals surface area contributed by atoms with Crippen molar-refractivity contribution in [2.24, 2.45) is 0 Å². The second-order valence-electron chi connectivity index (χ2n) is 11.5. The van der Waals surface area contributed by atoms with Crippen LogP contribution in [0, 0.1) is 5.82 Å². The van der Waals surface area contributed by atoms with Gasteiger partial charge in [0.2, 0.25) is 0 Å². The van der Waals surface area contributed by atoms with Crippen LogP contribution in [0.2, 0.25) is 0 Å². The highest BCUT2D eigenvalue weighted by molar-refractivity contribution is 7.90. The lowest BCUT2D eigenvalue weighted by Gasteiger charge is -2.17. The second-order valence-corrected chi connectivity index (χ2v) is 13.5. The van der Waals surface area contributed by atoms with E-state index in [9.17, 15) is 12.8 Å². The molecule has 5 nitrogen and oxygen atoms in total. The van der Waals surface area contributed by atoms with Crippen LogP contribution in [0.3, 0.4) is 0 Å². The monoisotopic (exact) mass is 591 g/mol. The maximum Gasteiger partial charge on any atom is 0.176 e. The van der Waals surface area contributed by atoms with Crippen molar-refractivity contribution >= 4 is 15.5 Å². The summed E-state index contributed by atoms with van der Waals surface area (Å²) in [6.07, 6.45) is 24.6. The topological polar surface area (TPSA) is 72.0 Å². The van der Waals surface area contributed by atoms with Gasteiger partial charge in [-0.3, -0.25) is 9.99 Å². The van der Waals surface area contributed by atoms with Gasteiger partial charge in [-0.1, -0.05) is 69.7 Å². The van der Waals surface area contributed by atoms with Crippen molar-refractivity contribution in [3.8, 4) is 11.1 Å². The molecule has 7 heteroatoms. The predicted molar refractivity (Wildman–Crippen MR) is 172 cm³/mol. The number of pyridine rings is 1. The van der Waals surface area contributed by atoms with Crippen molar-refractivity contribution in [1.82, 2.24) is 10.4 Å². The summed E-state index contributed by atoms with van der Waals surface area (Å²) in [6.45, 7) is 2.26. The van der Waals surface area contributed by atoms with Crippen LogP contribution >= 0.6 is 0 Å². The molecule has 1 fully saturated rings. The summed E-state index contributed by atoms with van der Waals surface area (Å²) in [4.78, 5) is 4.46. The maximum atomic E-state index is 13.6. The van der Waals surface area contributed by atoms with Crippen LogP contribution < -0.4 is 10.4 Å². The number of rotatable bonds is 18. The van der Waals surface area contributed by atoms with Gasteiger partial charge in [0.25, 0.3) is 0 Å². The van der Waals surface area contributed by atoms with Crippen molar-refractivity contribution in [3.05, 3.63) is 90.5 Å². The number of nitrogens with zero attached hydrogens (tertiary/aromatic N) is 2. The van der Waals surface area contributed by atoms with Crippen LogP contribution in [-0.2, 0) is 9.84 Å². The zero-order chi connectivity index (χ0) is 29.8. The van der Waals surface area contributed by atoms with Crippen LogP contribution in [0.1, 0.15) is 95.5 Å². The Labute approximate surface area is 252 Å². The SMILES string of the molecule is CCCCCCCC/C=C\CCCCC(CC1NN1c1ccc(S(C)(=O)=O)c(-c2ccc(F)cc2)c1)c1ccncc1. The normalized spacial score (nSPS) is 15.8. The Morgan fingerprint density at radius 1 is 0.905 bits per heavy atom. The Balaban J connectivity index is 1.32. The summed E-state index contributed by atoms with van der Waals surface area (Å²) in [6, 6.07) is 15.6. The first kappa shape index (κ1) is 31.9. The van der Waals surface area contributed by atoms with Gasteiger partial charge in [0.1, 0.15) is 12.0 Å². The van der Waals surface area contributed by atoms with Crippen LogP contribution in [0.25, 0.3) is 11.1 Å². The van der Waals surface area contributed by atoms with Crippen molar-refractivity contribution in [3.63, 3.8) is 0 Å². The van der Waals surface area contributed by atoms with Gasteiger partial charge < -0.3 is 0 Å². The van der Waals surface area contributed by atoms with E-state index in [2.05, 4.69) is 46.6 Å². The molecule has 0 spiro atoms. The molecule has 1 aliphatic heterocycles. The van der Waals surface area contributed by atoms with E-state index in [0.29, 0.717) is 17.0 Å². The van der Waals surface area contributed by atoms with E-state index in [-0.39, 0.29) is 16.9 Å². The van der Waals surface area contributed by atoms with Gasteiger partial charge in [-0.15, -0.1) is 0 Å². The minimum atomic E-state index is -3.45. The number of nitrogens with one attached hydrogen (secondary N) is 1. The molecular weight excluding hydrogens is 545 g/mol. The van der Waals surface area contributed by atoms with E-state index in [1.165, 1.54) is 81.7 Å². The number of benzene rings is 2. The Bertz CT molecular complexity index is 1380. The lowest BCUT2D eigenvalue weighted by Crippen LogP contribution is -2.08. The van der Waals surface area contributed by atoms with Crippen LogP contribution in [0.4, 0.5) is 10.1 Å². The number of allylic oxidation sites excluding steroid dienone is 2. The Morgan fingerprint density at radius 3 is 2.26 bits per heavy atom. The lowest BCUT2D eigenvalue weighted by atomic mass is 9.90. The standard InChI is InChI=1S/C35H46FN3O2S/c1-3-4-5-6-7-8-9-10-11-12-13-14-15-30(28-22-24-37-25-23-28)26-35-38-39(35)32-20-21-34(42(2,40)41)33(27-32)29-16-18-31(36)19-17-29/h10-11,16-25,27,30,35,38H,3-9,12-15,26H2,1-2H3/b11-10-. The van der Waals surface area contributed by atoms with Gasteiger partial charge in [-0.2, -0.15) is 0 Å². The number of unbranched alkanes of at least 4 members (excludes halogenated alkanes) is 8. The molecule has 2 atom stereocenters. The molecule has 1 aromatic heterocycles. The first-order chi connectivity index (χ1) is 20.4. The fraction of sp³-hybridized carbons (Fsp3) is 0.457. The average molecular weight is 592 g/mol. The maximum absolute atomic E-state index is 13.6. The molecule has 1 N–H and O–H groups in total. The minimum absolute atomic E-state index is 0.158. The molecule has 2 unspecified atom stereocenters. The third-order valence-corrected chi connectivity index (χ3v) is 9.23. The summed E-state index contributed by atoms with van der Waals surface area (Å²) in [5.74, 6) is 0.0456. The van der Waals surface area contributed by atoms with E-state index in [1.807, 2.05) is 24.5 Å². The van der Waals surface area contributed by atoms with E-state index in [0.717, 1.165) is 24.9 Å². The Kier molecular flexibility index (Phi) is 12.1. The fourth-order valence-electron chi connectivity index (χ4n) is 5.64. The van der Waals surface area contributed by atoms with Gasteiger partial charge in [0.05, 0.1) is 10.6 Å².